The highest BCUT2D eigenvalue weighted by molar-refractivity contribution is 6.00. The van der Waals surface area contributed by atoms with Crippen molar-refractivity contribution in [2.24, 2.45) is 15.7 Å². The molecule has 0 aromatic rings. The minimum absolute atomic E-state index is 0.258. The summed E-state index contributed by atoms with van der Waals surface area (Å²) in [6.07, 6.45) is -0.258. The predicted molar refractivity (Wildman–Crippen MR) is 62.6 cm³/mol. The third-order valence-corrected chi connectivity index (χ3v) is 2.09. The minimum Gasteiger partial charge on any atom is -0.323 e. The van der Waals surface area contributed by atoms with Crippen LogP contribution in [0.3, 0.4) is 0 Å². The first kappa shape index (κ1) is 11.8. The standard InChI is InChI=1S/C9H20N6/c1-4-11-8-13-7(10)15(6-3)9(14-8)12-5-2/h7H,4-6,10H2,1-3H3,(H2,11,12,13,14). The summed E-state index contributed by atoms with van der Waals surface area (Å²) in [6.45, 7) is 8.26. The van der Waals surface area contributed by atoms with Gasteiger partial charge >= 0.3 is 0 Å². The van der Waals surface area contributed by atoms with Gasteiger partial charge in [0.15, 0.2) is 6.29 Å². The summed E-state index contributed by atoms with van der Waals surface area (Å²) in [6, 6.07) is 0. The summed E-state index contributed by atoms with van der Waals surface area (Å²) in [7, 11) is 0. The highest BCUT2D eigenvalue weighted by Crippen LogP contribution is 1.98. The lowest BCUT2D eigenvalue weighted by atomic mass is 10.5. The Bertz CT molecular complexity index is 259. The van der Waals surface area contributed by atoms with Crippen LogP contribution < -0.4 is 16.4 Å². The van der Waals surface area contributed by atoms with Gasteiger partial charge in [-0.25, -0.2) is 0 Å². The zero-order valence-electron chi connectivity index (χ0n) is 9.62. The average Bonchev–Trinajstić information content (AvgIpc) is 2.18. The molecule has 1 fully saturated rings. The molecular weight excluding hydrogens is 192 g/mol. The quantitative estimate of drug-likeness (QED) is 0.589. The van der Waals surface area contributed by atoms with Gasteiger partial charge in [0.25, 0.3) is 0 Å². The van der Waals surface area contributed by atoms with Crippen LogP contribution in [-0.2, 0) is 0 Å². The number of guanidine groups is 2. The van der Waals surface area contributed by atoms with Gasteiger partial charge in [0.2, 0.25) is 11.9 Å². The Kier molecular flexibility index (Phi) is 4.36. The molecule has 1 heterocycles. The smallest absolute Gasteiger partial charge is 0.203 e. The molecule has 1 saturated heterocycles. The van der Waals surface area contributed by atoms with Crippen molar-refractivity contribution >= 4 is 11.9 Å². The molecule has 15 heavy (non-hydrogen) atoms. The number of aliphatic imine (C=N–C) groups is 2. The van der Waals surface area contributed by atoms with Crippen molar-refractivity contribution in [2.75, 3.05) is 19.6 Å². The zero-order valence-corrected chi connectivity index (χ0v) is 9.62. The van der Waals surface area contributed by atoms with E-state index in [1.807, 2.05) is 25.7 Å². The summed E-state index contributed by atoms with van der Waals surface area (Å²) in [5, 5.41) is 6.19. The van der Waals surface area contributed by atoms with Crippen LogP contribution in [-0.4, -0.2) is 42.7 Å². The van der Waals surface area contributed by atoms with Crippen molar-refractivity contribution in [3.63, 3.8) is 0 Å². The van der Waals surface area contributed by atoms with Crippen LogP contribution in [0, 0.1) is 0 Å². The minimum atomic E-state index is -0.258. The van der Waals surface area contributed by atoms with Gasteiger partial charge in [0.1, 0.15) is 0 Å². The molecule has 1 rings (SSSR count). The Hall–Kier alpha value is -1.30. The summed E-state index contributed by atoms with van der Waals surface area (Å²) in [5.74, 6) is 1.49. The molecule has 0 aliphatic carbocycles. The van der Waals surface area contributed by atoms with Crippen molar-refractivity contribution in [2.45, 2.75) is 27.1 Å². The van der Waals surface area contributed by atoms with Crippen LogP contribution in [0.25, 0.3) is 0 Å². The number of nitrogens with two attached hydrogens (primary N) is 1. The predicted octanol–water partition coefficient (Wildman–Crippen LogP) is -0.505. The van der Waals surface area contributed by atoms with Gasteiger partial charge in [-0.05, 0) is 20.8 Å². The first-order valence-electron chi connectivity index (χ1n) is 5.37. The molecule has 1 aliphatic rings. The molecule has 0 amide bonds. The lowest BCUT2D eigenvalue weighted by molar-refractivity contribution is 0.289. The van der Waals surface area contributed by atoms with Gasteiger partial charge < -0.3 is 10.2 Å². The third-order valence-electron chi connectivity index (χ3n) is 2.09. The highest BCUT2D eigenvalue weighted by Gasteiger charge is 2.24. The van der Waals surface area contributed by atoms with Crippen molar-refractivity contribution < 1.29 is 0 Å². The fourth-order valence-electron chi connectivity index (χ4n) is 1.43. The van der Waals surface area contributed by atoms with E-state index in [1.54, 1.807) is 0 Å². The molecule has 6 heteroatoms. The maximum Gasteiger partial charge on any atom is 0.203 e. The van der Waals surface area contributed by atoms with Crippen LogP contribution in [0.5, 0.6) is 0 Å². The number of hydrogen-bond donors (Lipinski definition) is 3. The second kappa shape index (κ2) is 5.55. The van der Waals surface area contributed by atoms with Crippen molar-refractivity contribution in [3.05, 3.63) is 0 Å². The van der Waals surface area contributed by atoms with Gasteiger partial charge in [-0.1, -0.05) is 0 Å². The Morgan fingerprint density at radius 3 is 2.47 bits per heavy atom. The van der Waals surface area contributed by atoms with Gasteiger partial charge in [0, 0.05) is 19.6 Å². The first-order chi connectivity index (χ1) is 7.22. The van der Waals surface area contributed by atoms with Gasteiger partial charge in [-0.15, -0.1) is 0 Å². The third kappa shape index (κ3) is 2.82. The second-order valence-electron chi connectivity index (χ2n) is 3.12. The van der Waals surface area contributed by atoms with Crippen molar-refractivity contribution in [1.29, 1.82) is 0 Å². The van der Waals surface area contributed by atoms with Crippen LogP contribution in [0.15, 0.2) is 9.98 Å². The van der Waals surface area contributed by atoms with Crippen LogP contribution in [0.4, 0.5) is 0 Å². The Labute approximate surface area is 90.6 Å². The van der Waals surface area contributed by atoms with E-state index in [-0.39, 0.29) is 6.29 Å². The van der Waals surface area contributed by atoms with Crippen molar-refractivity contribution in [1.82, 2.24) is 15.5 Å². The first-order valence-corrected chi connectivity index (χ1v) is 5.37. The number of hydrogen-bond acceptors (Lipinski definition) is 3. The maximum absolute atomic E-state index is 5.94. The molecule has 0 radical (unpaired) electrons. The average molecular weight is 212 g/mol. The summed E-state index contributed by atoms with van der Waals surface area (Å²) in [5.41, 5.74) is 5.94. The van der Waals surface area contributed by atoms with Gasteiger partial charge in [-0.3, -0.25) is 21.0 Å². The number of nitrogens with zero attached hydrogens (tertiary/aromatic N) is 3. The van der Waals surface area contributed by atoms with Gasteiger partial charge in [-0.2, -0.15) is 0 Å². The van der Waals surface area contributed by atoms with E-state index in [0.29, 0.717) is 12.5 Å². The fraction of sp³-hybridized carbons (Fsp3) is 0.778. The monoisotopic (exact) mass is 212 g/mol. The molecule has 6 nitrogen and oxygen atoms in total. The molecule has 4 N–H and O–H groups in total. The normalized spacial score (nSPS) is 26.7. The molecule has 1 aliphatic heterocycles. The Balaban J connectivity index is 2.81. The molecule has 0 bridgehead atoms. The second-order valence-corrected chi connectivity index (χ2v) is 3.12. The van der Waals surface area contributed by atoms with Crippen molar-refractivity contribution in [3.8, 4) is 0 Å². The summed E-state index contributed by atoms with van der Waals surface area (Å²) >= 11 is 0. The molecule has 0 aromatic carbocycles. The fourth-order valence-corrected chi connectivity index (χ4v) is 1.43. The molecule has 1 unspecified atom stereocenters. The van der Waals surface area contributed by atoms with E-state index in [9.17, 15) is 0 Å². The molecule has 1 atom stereocenters. The van der Waals surface area contributed by atoms with E-state index in [0.717, 1.165) is 19.0 Å². The van der Waals surface area contributed by atoms with Crippen LogP contribution in [0.1, 0.15) is 20.8 Å². The zero-order chi connectivity index (χ0) is 11.3. The number of nitrogens with one attached hydrogen (secondary N) is 2. The largest absolute Gasteiger partial charge is 0.323 e. The van der Waals surface area contributed by atoms with E-state index in [1.165, 1.54) is 0 Å². The lowest BCUT2D eigenvalue weighted by Crippen LogP contribution is -2.67. The van der Waals surface area contributed by atoms with E-state index >= 15 is 0 Å². The topological polar surface area (TPSA) is 78.0 Å². The van der Waals surface area contributed by atoms with E-state index in [4.69, 9.17) is 5.73 Å². The maximum atomic E-state index is 5.94. The van der Waals surface area contributed by atoms with Crippen LogP contribution >= 0.6 is 0 Å². The SMILES string of the molecule is CCN=C1NC(=NCC)N(CC)C(N)N1. The number of rotatable bonds is 3. The molecule has 0 aromatic heterocycles. The Morgan fingerprint density at radius 1 is 1.27 bits per heavy atom. The van der Waals surface area contributed by atoms with Crippen LogP contribution in [0.2, 0.25) is 0 Å². The van der Waals surface area contributed by atoms with E-state index in [2.05, 4.69) is 20.6 Å². The van der Waals surface area contributed by atoms with Gasteiger partial charge in [0.05, 0.1) is 0 Å². The molecule has 0 spiro atoms. The lowest BCUT2D eigenvalue weighted by Gasteiger charge is -2.37. The molecule has 0 saturated carbocycles. The molecule has 86 valence electrons. The highest BCUT2D eigenvalue weighted by atomic mass is 15.5. The summed E-state index contributed by atoms with van der Waals surface area (Å²) < 4.78 is 0. The van der Waals surface area contributed by atoms with E-state index < -0.39 is 0 Å². The summed E-state index contributed by atoms with van der Waals surface area (Å²) in [4.78, 5) is 10.5. The Morgan fingerprint density at radius 2 is 1.93 bits per heavy atom. The molecular formula is C9H20N6.